The molecule has 0 aliphatic carbocycles. The average molecular weight is 468 g/mol. The molecular weight excluding hydrogens is 442 g/mol. The predicted molar refractivity (Wildman–Crippen MR) is 133 cm³/mol. The lowest BCUT2D eigenvalue weighted by Crippen LogP contribution is -2.05. The molecule has 176 valence electrons. The number of benzene rings is 2. The molecule has 1 aliphatic heterocycles. The van der Waals surface area contributed by atoms with Crippen molar-refractivity contribution in [1.82, 2.24) is 14.8 Å². The molecule has 0 N–H and O–H groups in total. The van der Waals surface area contributed by atoms with Gasteiger partial charge in [0.25, 0.3) is 0 Å². The fourth-order valence-electron chi connectivity index (χ4n) is 3.95. The molecule has 0 spiro atoms. The molecule has 4 aromatic rings. The van der Waals surface area contributed by atoms with E-state index in [1.54, 1.807) is 24.4 Å². The highest BCUT2D eigenvalue weighted by Crippen LogP contribution is 2.35. The van der Waals surface area contributed by atoms with Crippen molar-refractivity contribution in [3.8, 4) is 22.8 Å². The fourth-order valence-corrected chi connectivity index (χ4v) is 3.95. The van der Waals surface area contributed by atoms with Gasteiger partial charge in [0.15, 0.2) is 11.5 Å². The van der Waals surface area contributed by atoms with Crippen molar-refractivity contribution < 1.29 is 19.0 Å². The van der Waals surface area contributed by atoms with Gasteiger partial charge in [0, 0.05) is 29.9 Å². The third-order valence-electron chi connectivity index (χ3n) is 5.64. The number of rotatable bonds is 6. The molecule has 2 aromatic heterocycles. The van der Waals surface area contributed by atoms with E-state index in [0.29, 0.717) is 42.5 Å². The molecular formula is C28H25N3O4. The number of fused-ring (bicyclic) bond motifs is 1. The first-order valence-corrected chi connectivity index (χ1v) is 11.4. The van der Waals surface area contributed by atoms with Crippen LogP contribution in [-0.4, -0.2) is 41.1 Å². The molecule has 2 aromatic carbocycles. The lowest BCUT2D eigenvalue weighted by Gasteiger charge is -2.09. The summed E-state index contributed by atoms with van der Waals surface area (Å²) in [4.78, 5) is 17.1. The van der Waals surface area contributed by atoms with E-state index in [-0.39, 0.29) is 0 Å². The number of aromatic nitrogens is 3. The Balaban J connectivity index is 1.62. The summed E-state index contributed by atoms with van der Waals surface area (Å²) in [5, 5.41) is 4.88. The topological polar surface area (TPSA) is 75.5 Å². The highest BCUT2D eigenvalue weighted by Gasteiger charge is 2.19. The van der Waals surface area contributed by atoms with Crippen LogP contribution in [0.1, 0.15) is 23.2 Å². The van der Waals surface area contributed by atoms with Gasteiger partial charge >= 0.3 is 5.97 Å². The van der Waals surface area contributed by atoms with Crippen LogP contribution in [0.15, 0.2) is 79.1 Å². The second-order valence-corrected chi connectivity index (χ2v) is 8.09. The van der Waals surface area contributed by atoms with E-state index in [1.807, 2.05) is 53.3 Å². The summed E-state index contributed by atoms with van der Waals surface area (Å²) in [5.41, 5.74) is 4.34. The summed E-state index contributed by atoms with van der Waals surface area (Å²) in [5.74, 6) is 0.936. The Morgan fingerprint density at radius 2 is 1.83 bits per heavy atom. The molecule has 35 heavy (non-hydrogen) atoms. The van der Waals surface area contributed by atoms with Crippen molar-refractivity contribution >= 4 is 17.6 Å². The minimum atomic E-state index is -0.468. The number of pyridine rings is 1. The predicted octanol–water partition coefficient (Wildman–Crippen LogP) is 4.87. The number of carbonyl (C=O) groups excluding carboxylic acids is 1. The zero-order valence-electron chi connectivity index (χ0n) is 19.4. The van der Waals surface area contributed by atoms with Crippen molar-refractivity contribution in [3.05, 3.63) is 95.9 Å². The van der Waals surface area contributed by atoms with E-state index in [4.69, 9.17) is 19.3 Å². The molecule has 7 nitrogen and oxygen atoms in total. The van der Waals surface area contributed by atoms with Gasteiger partial charge in [0.1, 0.15) is 0 Å². The van der Waals surface area contributed by atoms with E-state index < -0.39 is 5.97 Å². The van der Waals surface area contributed by atoms with E-state index in [0.717, 1.165) is 28.9 Å². The summed E-state index contributed by atoms with van der Waals surface area (Å²) in [6, 6.07) is 21.3. The average Bonchev–Trinajstić information content (AvgIpc) is 3.14. The zero-order chi connectivity index (χ0) is 24.0. The van der Waals surface area contributed by atoms with Crippen LogP contribution in [0.3, 0.4) is 0 Å². The number of ether oxygens (including phenoxy) is 3. The minimum absolute atomic E-state index is 0.350. The maximum absolute atomic E-state index is 12.7. The van der Waals surface area contributed by atoms with Crippen molar-refractivity contribution in [2.45, 2.75) is 13.0 Å². The van der Waals surface area contributed by atoms with Gasteiger partial charge in [-0.3, -0.25) is 9.67 Å². The lowest BCUT2D eigenvalue weighted by atomic mass is 10.0. The fraction of sp³-hybridized carbons (Fsp3) is 0.179. The SMILES string of the molecule is COC(=O)/C(=C\c1cn(Cc2ccccc2)nc1-c1ccc2c(c1)OCCCO2)c1ccccn1. The Bertz CT molecular complexity index is 1350. The van der Waals surface area contributed by atoms with Crippen LogP contribution < -0.4 is 9.47 Å². The number of carbonyl (C=O) groups is 1. The minimum Gasteiger partial charge on any atom is -0.490 e. The van der Waals surface area contributed by atoms with Gasteiger partial charge in [-0.15, -0.1) is 0 Å². The highest BCUT2D eigenvalue weighted by molar-refractivity contribution is 6.21. The normalized spacial score (nSPS) is 13.2. The number of esters is 1. The number of methoxy groups -OCH3 is 1. The van der Waals surface area contributed by atoms with Gasteiger partial charge in [-0.25, -0.2) is 4.79 Å². The van der Waals surface area contributed by atoms with Gasteiger partial charge in [-0.05, 0) is 42.0 Å². The van der Waals surface area contributed by atoms with Crippen molar-refractivity contribution in [2.75, 3.05) is 20.3 Å². The molecule has 0 unspecified atom stereocenters. The van der Waals surface area contributed by atoms with Crippen molar-refractivity contribution in [3.63, 3.8) is 0 Å². The van der Waals surface area contributed by atoms with Crippen LogP contribution in [0.4, 0.5) is 0 Å². The maximum Gasteiger partial charge on any atom is 0.340 e. The first-order chi connectivity index (χ1) is 17.2. The molecule has 3 heterocycles. The molecule has 0 saturated heterocycles. The Morgan fingerprint density at radius 1 is 1.03 bits per heavy atom. The highest BCUT2D eigenvalue weighted by atomic mass is 16.5. The Hall–Kier alpha value is -4.39. The molecule has 1 aliphatic rings. The van der Waals surface area contributed by atoms with Crippen LogP contribution in [0, 0.1) is 0 Å². The van der Waals surface area contributed by atoms with Gasteiger partial charge < -0.3 is 14.2 Å². The second-order valence-electron chi connectivity index (χ2n) is 8.09. The first-order valence-electron chi connectivity index (χ1n) is 11.4. The molecule has 0 atom stereocenters. The summed E-state index contributed by atoms with van der Waals surface area (Å²) in [6.07, 6.45) is 6.18. The molecule has 0 saturated carbocycles. The van der Waals surface area contributed by atoms with Crippen LogP contribution in [0.5, 0.6) is 11.5 Å². The molecule has 0 fully saturated rings. The maximum atomic E-state index is 12.7. The second kappa shape index (κ2) is 10.3. The van der Waals surface area contributed by atoms with E-state index in [2.05, 4.69) is 17.1 Å². The van der Waals surface area contributed by atoms with Crippen molar-refractivity contribution in [2.24, 2.45) is 0 Å². The van der Waals surface area contributed by atoms with Gasteiger partial charge in [-0.2, -0.15) is 5.10 Å². The number of hydrogen-bond donors (Lipinski definition) is 0. The van der Waals surface area contributed by atoms with Crippen LogP contribution >= 0.6 is 0 Å². The van der Waals surface area contributed by atoms with Gasteiger partial charge in [0.2, 0.25) is 0 Å². The summed E-state index contributed by atoms with van der Waals surface area (Å²) >= 11 is 0. The molecule has 7 heteroatoms. The molecule has 5 rings (SSSR count). The van der Waals surface area contributed by atoms with Crippen LogP contribution in [0.2, 0.25) is 0 Å². The first kappa shape index (κ1) is 22.4. The molecule has 0 bridgehead atoms. The van der Waals surface area contributed by atoms with Gasteiger partial charge in [0.05, 0.1) is 43.8 Å². The zero-order valence-corrected chi connectivity index (χ0v) is 19.4. The third kappa shape index (κ3) is 5.09. The van der Waals surface area contributed by atoms with Crippen LogP contribution in [0.25, 0.3) is 22.9 Å². The summed E-state index contributed by atoms with van der Waals surface area (Å²) in [7, 11) is 1.36. The largest absolute Gasteiger partial charge is 0.490 e. The molecule has 0 radical (unpaired) electrons. The van der Waals surface area contributed by atoms with Gasteiger partial charge in [-0.1, -0.05) is 36.4 Å². The smallest absolute Gasteiger partial charge is 0.340 e. The monoisotopic (exact) mass is 467 g/mol. The Labute approximate surface area is 203 Å². The van der Waals surface area contributed by atoms with Crippen molar-refractivity contribution in [1.29, 1.82) is 0 Å². The summed E-state index contributed by atoms with van der Waals surface area (Å²) < 4.78 is 18.6. The van der Waals surface area contributed by atoms with E-state index in [9.17, 15) is 4.79 Å². The number of nitrogens with zero attached hydrogens (tertiary/aromatic N) is 3. The van der Waals surface area contributed by atoms with Crippen LogP contribution in [-0.2, 0) is 16.1 Å². The standard InChI is InChI=1S/C28H25N3O4/c1-33-28(32)23(24-10-5-6-13-29-24)16-22-19-31(18-20-8-3-2-4-9-20)30-27(22)21-11-12-25-26(17-21)35-15-7-14-34-25/h2-6,8-13,16-17,19H,7,14-15,18H2,1H3/b23-16-. The summed E-state index contributed by atoms with van der Waals surface area (Å²) in [6.45, 7) is 1.81. The quantitative estimate of drug-likeness (QED) is 0.298. The lowest BCUT2D eigenvalue weighted by molar-refractivity contribution is -0.133. The Morgan fingerprint density at radius 3 is 2.60 bits per heavy atom. The third-order valence-corrected chi connectivity index (χ3v) is 5.64. The molecule has 0 amide bonds. The van der Waals surface area contributed by atoms with E-state index in [1.165, 1.54) is 7.11 Å². The number of hydrogen-bond acceptors (Lipinski definition) is 6. The van der Waals surface area contributed by atoms with E-state index >= 15 is 0 Å². The Kier molecular flexibility index (Phi) is 6.57.